The molecule has 0 unspecified atom stereocenters. The Morgan fingerprint density at radius 1 is 1.14 bits per heavy atom. The molecule has 0 bridgehead atoms. The zero-order chi connectivity index (χ0) is 20.2. The maximum Gasteiger partial charge on any atom is 0.231 e. The van der Waals surface area contributed by atoms with Gasteiger partial charge in [-0.1, -0.05) is 35.3 Å². The highest BCUT2D eigenvalue weighted by molar-refractivity contribution is 7.13. The summed E-state index contributed by atoms with van der Waals surface area (Å²) in [6, 6.07) is 12.7. The lowest BCUT2D eigenvalue weighted by Gasteiger charge is -2.10. The van der Waals surface area contributed by atoms with Gasteiger partial charge in [-0.2, -0.15) is 5.10 Å². The van der Waals surface area contributed by atoms with Gasteiger partial charge in [0.05, 0.1) is 30.6 Å². The lowest BCUT2D eigenvalue weighted by atomic mass is 10.2. The molecule has 29 heavy (non-hydrogen) atoms. The number of thiazole rings is 1. The van der Waals surface area contributed by atoms with Gasteiger partial charge in [-0.15, -0.1) is 11.3 Å². The van der Waals surface area contributed by atoms with Crippen LogP contribution in [0, 0.1) is 0 Å². The van der Waals surface area contributed by atoms with Crippen LogP contribution in [0.15, 0.2) is 60.2 Å². The fraction of sp³-hybridized carbons (Fsp3) is 0.100. The third kappa shape index (κ3) is 4.82. The predicted octanol–water partition coefficient (Wildman–Crippen LogP) is 4.94. The first-order valence-electron chi connectivity index (χ1n) is 8.70. The molecular formula is C20H15Cl2N5OS. The van der Waals surface area contributed by atoms with Crippen molar-refractivity contribution in [3.63, 3.8) is 0 Å². The molecule has 0 fully saturated rings. The number of benzene rings is 1. The number of halogens is 2. The van der Waals surface area contributed by atoms with Crippen LogP contribution < -0.4 is 5.32 Å². The number of carbonyl (C=O) groups excluding carboxylic acids is 1. The smallest absolute Gasteiger partial charge is 0.231 e. The van der Waals surface area contributed by atoms with Crippen molar-refractivity contribution in [1.29, 1.82) is 0 Å². The first kappa shape index (κ1) is 19.6. The summed E-state index contributed by atoms with van der Waals surface area (Å²) in [6.45, 7) is 0.416. The van der Waals surface area contributed by atoms with Crippen molar-refractivity contribution in [2.45, 2.75) is 13.0 Å². The summed E-state index contributed by atoms with van der Waals surface area (Å²) in [5.41, 5.74) is 2.34. The molecule has 0 aliphatic carbocycles. The fourth-order valence-corrected chi connectivity index (χ4v) is 3.99. The molecule has 4 rings (SSSR count). The van der Waals surface area contributed by atoms with E-state index in [1.54, 1.807) is 35.3 Å². The molecule has 1 amide bonds. The summed E-state index contributed by atoms with van der Waals surface area (Å²) >= 11 is 13.6. The molecule has 1 aromatic carbocycles. The topological polar surface area (TPSA) is 72.7 Å². The van der Waals surface area contributed by atoms with Gasteiger partial charge in [0.2, 0.25) is 5.91 Å². The van der Waals surface area contributed by atoms with Crippen LogP contribution in [0.2, 0.25) is 10.0 Å². The Balaban J connectivity index is 1.42. The molecule has 3 heterocycles. The molecule has 146 valence electrons. The Morgan fingerprint density at radius 2 is 2.03 bits per heavy atom. The van der Waals surface area contributed by atoms with Crippen molar-refractivity contribution >= 4 is 46.3 Å². The first-order chi connectivity index (χ1) is 14.1. The van der Waals surface area contributed by atoms with Crippen LogP contribution in [0.3, 0.4) is 0 Å². The quantitative estimate of drug-likeness (QED) is 0.457. The minimum atomic E-state index is -0.174. The number of aromatic nitrogens is 4. The highest BCUT2D eigenvalue weighted by Gasteiger charge is 2.13. The van der Waals surface area contributed by atoms with Crippen molar-refractivity contribution in [2.24, 2.45) is 0 Å². The third-order valence-electron chi connectivity index (χ3n) is 4.10. The first-order valence-corrected chi connectivity index (χ1v) is 10.3. The number of rotatable bonds is 6. The van der Waals surface area contributed by atoms with E-state index in [2.05, 4.69) is 20.4 Å². The number of hydrogen-bond acceptors (Lipinski definition) is 5. The largest absolute Gasteiger partial charge is 0.311 e. The van der Waals surface area contributed by atoms with Gasteiger partial charge in [-0.3, -0.25) is 9.78 Å². The monoisotopic (exact) mass is 443 g/mol. The fourth-order valence-electron chi connectivity index (χ4n) is 2.72. The summed E-state index contributed by atoms with van der Waals surface area (Å²) in [5, 5.41) is 10.9. The number of amides is 1. The molecule has 1 N–H and O–H groups in total. The van der Waals surface area contributed by atoms with E-state index in [0.29, 0.717) is 28.1 Å². The van der Waals surface area contributed by atoms with Gasteiger partial charge in [-0.25, -0.2) is 9.67 Å². The lowest BCUT2D eigenvalue weighted by molar-refractivity contribution is -0.115. The molecule has 9 heteroatoms. The molecule has 0 atom stereocenters. The second kappa shape index (κ2) is 8.73. The summed E-state index contributed by atoms with van der Waals surface area (Å²) in [4.78, 5) is 21.3. The van der Waals surface area contributed by atoms with Crippen LogP contribution in [-0.4, -0.2) is 25.7 Å². The summed E-state index contributed by atoms with van der Waals surface area (Å²) in [7, 11) is 0. The zero-order valence-corrected chi connectivity index (χ0v) is 17.4. The summed E-state index contributed by atoms with van der Waals surface area (Å²) in [6.07, 6.45) is 3.51. The van der Waals surface area contributed by atoms with Gasteiger partial charge >= 0.3 is 0 Å². The molecule has 0 saturated heterocycles. The van der Waals surface area contributed by atoms with Crippen molar-refractivity contribution in [2.75, 3.05) is 5.32 Å². The number of nitrogens with one attached hydrogen (secondary N) is 1. The normalized spacial score (nSPS) is 10.8. The Morgan fingerprint density at radius 3 is 2.83 bits per heavy atom. The number of carbonyl (C=O) groups is 1. The number of pyridine rings is 1. The van der Waals surface area contributed by atoms with Crippen molar-refractivity contribution in [1.82, 2.24) is 19.7 Å². The minimum Gasteiger partial charge on any atom is -0.311 e. The average molecular weight is 444 g/mol. The Kier molecular flexibility index (Phi) is 5.89. The van der Waals surface area contributed by atoms with E-state index in [0.717, 1.165) is 16.3 Å². The van der Waals surface area contributed by atoms with Gasteiger partial charge in [-0.05, 0) is 29.8 Å². The van der Waals surface area contributed by atoms with E-state index < -0.39 is 0 Å². The standard InChI is InChI=1S/C20H15Cl2N5OS/c21-14-5-4-13(16(22)9-14)11-27-18(6-8-24-27)26-19(28)10-15-12-29-20(25-15)17-3-1-2-7-23-17/h1-9,12H,10-11H2,(H,26,28). The third-order valence-corrected chi connectivity index (χ3v) is 5.60. The van der Waals surface area contributed by atoms with Gasteiger partial charge in [0.15, 0.2) is 0 Å². The van der Waals surface area contributed by atoms with E-state index in [4.69, 9.17) is 23.2 Å². The second-order valence-corrected chi connectivity index (χ2v) is 7.90. The Bertz CT molecular complexity index is 1140. The van der Waals surface area contributed by atoms with Crippen LogP contribution in [0.1, 0.15) is 11.3 Å². The zero-order valence-electron chi connectivity index (χ0n) is 15.0. The highest BCUT2D eigenvalue weighted by atomic mass is 35.5. The van der Waals surface area contributed by atoms with E-state index in [1.165, 1.54) is 11.3 Å². The van der Waals surface area contributed by atoms with Gasteiger partial charge in [0.25, 0.3) is 0 Å². The molecule has 0 spiro atoms. The second-order valence-electron chi connectivity index (χ2n) is 6.19. The molecule has 0 aliphatic rings. The van der Waals surface area contributed by atoms with E-state index in [-0.39, 0.29) is 12.3 Å². The van der Waals surface area contributed by atoms with E-state index in [1.807, 2.05) is 29.6 Å². The van der Waals surface area contributed by atoms with E-state index in [9.17, 15) is 4.79 Å². The van der Waals surface area contributed by atoms with Crippen LogP contribution in [0.25, 0.3) is 10.7 Å². The van der Waals surface area contributed by atoms with Crippen LogP contribution in [0.4, 0.5) is 5.82 Å². The predicted molar refractivity (Wildman–Crippen MR) is 115 cm³/mol. The van der Waals surface area contributed by atoms with Crippen molar-refractivity contribution in [3.8, 4) is 10.7 Å². The van der Waals surface area contributed by atoms with E-state index >= 15 is 0 Å². The lowest BCUT2D eigenvalue weighted by Crippen LogP contribution is -2.18. The summed E-state index contributed by atoms with van der Waals surface area (Å²) < 4.78 is 1.67. The Labute approximate surface area is 181 Å². The molecular weight excluding hydrogens is 429 g/mol. The maximum absolute atomic E-state index is 12.5. The minimum absolute atomic E-state index is 0.163. The molecule has 6 nitrogen and oxygen atoms in total. The molecule has 0 saturated carbocycles. The molecule has 4 aromatic rings. The van der Waals surface area contributed by atoms with Crippen LogP contribution in [-0.2, 0) is 17.8 Å². The van der Waals surface area contributed by atoms with Gasteiger partial charge in [0.1, 0.15) is 10.8 Å². The summed E-state index contributed by atoms with van der Waals surface area (Å²) in [5.74, 6) is 0.410. The number of anilines is 1. The van der Waals surface area contributed by atoms with Gasteiger partial charge in [0, 0.05) is 27.7 Å². The number of hydrogen-bond donors (Lipinski definition) is 1. The molecule has 0 radical (unpaired) electrons. The molecule has 0 aliphatic heterocycles. The maximum atomic E-state index is 12.5. The highest BCUT2D eigenvalue weighted by Crippen LogP contribution is 2.23. The van der Waals surface area contributed by atoms with Crippen molar-refractivity contribution in [3.05, 3.63) is 81.5 Å². The average Bonchev–Trinajstić information content (AvgIpc) is 3.34. The molecule has 3 aromatic heterocycles. The van der Waals surface area contributed by atoms with Crippen LogP contribution in [0.5, 0.6) is 0 Å². The SMILES string of the molecule is O=C(Cc1csc(-c2ccccn2)n1)Nc1ccnn1Cc1ccc(Cl)cc1Cl. The Hall–Kier alpha value is -2.74. The van der Waals surface area contributed by atoms with Gasteiger partial charge < -0.3 is 5.32 Å². The number of nitrogens with zero attached hydrogens (tertiary/aromatic N) is 4. The van der Waals surface area contributed by atoms with Crippen molar-refractivity contribution < 1.29 is 4.79 Å². The van der Waals surface area contributed by atoms with Crippen LogP contribution >= 0.6 is 34.5 Å².